The van der Waals surface area contributed by atoms with E-state index in [1.807, 2.05) is 0 Å². The van der Waals surface area contributed by atoms with E-state index in [1.165, 1.54) is 0 Å². The Morgan fingerprint density at radius 1 is 1.30 bits per heavy atom. The molecule has 2 fully saturated rings. The molecule has 0 bridgehead atoms. The van der Waals surface area contributed by atoms with Gasteiger partial charge in [0.05, 0.1) is 0 Å². The summed E-state index contributed by atoms with van der Waals surface area (Å²) in [7, 11) is 0. The number of hydrogen-bond acceptors (Lipinski definition) is 3. The molecule has 5 nitrogen and oxygen atoms in total. The fourth-order valence-corrected chi connectivity index (χ4v) is 2.83. The first kappa shape index (κ1) is 13.5. The molecule has 0 radical (unpaired) electrons. The summed E-state index contributed by atoms with van der Waals surface area (Å²) >= 11 is 3.26. The van der Waals surface area contributed by atoms with Crippen LogP contribution in [0, 0.1) is 0 Å². The molecule has 2 aliphatic rings. The average molecular weight is 338 g/mol. The van der Waals surface area contributed by atoms with Crippen LogP contribution < -0.4 is 5.32 Å². The minimum atomic E-state index is -0.344. The maximum Gasteiger partial charge on any atom is 0.273 e. The lowest BCUT2D eigenvalue weighted by atomic mass is 10.2. The first-order chi connectivity index (χ1) is 9.65. The number of rotatable bonds is 3. The summed E-state index contributed by atoms with van der Waals surface area (Å²) in [5.74, 6) is -0.187. The van der Waals surface area contributed by atoms with Crippen LogP contribution in [0.4, 0.5) is 0 Å². The van der Waals surface area contributed by atoms with Crippen LogP contribution in [0.1, 0.15) is 36.2 Å². The van der Waals surface area contributed by atoms with Crippen LogP contribution in [0.5, 0.6) is 0 Å². The molecule has 1 atom stereocenters. The maximum absolute atomic E-state index is 12.5. The third-order valence-corrected chi connectivity index (χ3v) is 4.12. The molecule has 1 aromatic heterocycles. The number of nitrogens with zero attached hydrogens (tertiary/aromatic N) is 2. The molecular formula is C14H16BrN3O2. The van der Waals surface area contributed by atoms with Gasteiger partial charge in [0.15, 0.2) is 0 Å². The van der Waals surface area contributed by atoms with E-state index in [1.54, 1.807) is 23.1 Å². The lowest BCUT2D eigenvalue weighted by Crippen LogP contribution is -2.46. The smallest absolute Gasteiger partial charge is 0.273 e. The Morgan fingerprint density at radius 3 is 2.80 bits per heavy atom. The fourth-order valence-electron chi connectivity index (χ4n) is 2.48. The van der Waals surface area contributed by atoms with Crippen LogP contribution in [0.25, 0.3) is 0 Å². The molecule has 1 aromatic rings. The summed E-state index contributed by atoms with van der Waals surface area (Å²) in [6, 6.07) is 5.21. The van der Waals surface area contributed by atoms with E-state index < -0.39 is 0 Å². The molecule has 0 aromatic carbocycles. The normalized spacial score (nSPS) is 21.9. The van der Waals surface area contributed by atoms with Crippen molar-refractivity contribution in [1.82, 2.24) is 15.2 Å². The first-order valence-electron chi connectivity index (χ1n) is 6.89. The zero-order chi connectivity index (χ0) is 14.1. The number of aromatic nitrogens is 1. The van der Waals surface area contributed by atoms with Gasteiger partial charge in [-0.05, 0) is 53.7 Å². The van der Waals surface area contributed by atoms with E-state index in [4.69, 9.17) is 0 Å². The maximum atomic E-state index is 12.5. The summed E-state index contributed by atoms with van der Waals surface area (Å²) in [6.45, 7) is 0.621. The predicted molar refractivity (Wildman–Crippen MR) is 77.2 cm³/mol. The number of pyridine rings is 1. The number of carbonyl (C=O) groups excluding carboxylic acids is 2. The largest absolute Gasteiger partial charge is 0.352 e. The van der Waals surface area contributed by atoms with Crippen molar-refractivity contribution >= 4 is 27.7 Å². The second kappa shape index (κ2) is 5.52. The molecule has 106 valence electrons. The Labute approximate surface area is 125 Å². The molecule has 1 aliphatic carbocycles. The second-order valence-electron chi connectivity index (χ2n) is 5.28. The van der Waals surface area contributed by atoms with Gasteiger partial charge in [-0.3, -0.25) is 9.59 Å². The minimum absolute atomic E-state index is 0.0200. The van der Waals surface area contributed by atoms with Crippen molar-refractivity contribution in [3.8, 4) is 0 Å². The highest BCUT2D eigenvalue weighted by atomic mass is 79.9. The SMILES string of the molecule is O=C(NC1CC1)C1CCCN1C(=O)c1cccc(Br)n1. The molecule has 1 aliphatic heterocycles. The first-order valence-corrected chi connectivity index (χ1v) is 7.68. The predicted octanol–water partition coefficient (Wildman–Crippen LogP) is 1.73. The summed E-state index contributed by atoms with van der Waals surface area (Å²) in [6.07, 6.45) is 3.71. The zero-order valence-electron chi connectivity index (χ0n) is 11.0. The van der Waals surface area contributed by atoms with Crippen molar-refractivity contribution in [2.24, 2.45) is 0 Å². The highest BCUT2D eigenvalue weighted by molar-refractivity contribution is 9.10. The average Bonchev–Trinajstić information content (AvgIpc) is 3.10. The molecule has 3 rings (SSSR count). The van der Waals surface area contributed by atoms with Crippen molar-refractivity contribution < 1.29 is 9.59 Å². The molecule has 6 heteroatoms. The number of likely N-dealkylation sites (tertiary alicyclic amines) is 1. The lowest BCUT2D eigenvalue weighted by molar-refractivity contribution is -0.125. The van der Waals surface area contributed by atoms with Gasteiger partial charge in [0, 0.05) is 12.6 Å². The minimum Gasteiger partial charge on any atom is -0.352 e. The van der Waals surface area contributed by atoms with E-state index in [0.717, 1.165) is 25.7 Å². The number of halogens is 1. The number of carbonyl (C=O) groups is 2. The van der Waals surface area contributed by atoms with Gasteiger partial charge < -0.3 is 10.2 Å². The van der Waals surface area contributed by atoms with Crippen LogP contribution in [-0.2, 0) is 4.79 Å². The Morgan fingerprint density at radius 2 is 2.10 bits per heavy atom. The van der Waals surface area contributed by atoms with Gasteiger partial charge in [-0.2, -0.15) is 0 Å². The van der Waals surface area contributed by atoms with Crippen LogP contribution in [0.15, 0.2) is 22.8 Å². The Kier molecular flexibility index (Phi) is 3.74. The summed E-state index contributed by atoms with van der Waals surface area (Å²) in [5.41, 5.74) is 0.380. The lowest BCUT2D eigenvalue weighted by Gasteiger charge is -2.23. The molecule has 1 unspecified atom stereocenters. The van der Waals surface area contributed by atoms with Gasteiger partial charge in [0.1, 0.15) is 16.3 Å². The van der Waals surface area contributed by atoms with E-state index >= 15 is 0 Å². The van der Waals surface area contributed by atoms with Gasteiger partial charge in [0.2, 0.25) is 5.91 Å². The van der Waals surface area contributed by atoms with Crippen molar-refractivity contribution in [2.75, 3.05) is 6.54 Å². The van der Waals surface area contributed by atoms with Crippen LogP contribution in [0.3, 0.4) is 0 Å². The number of nitrogens with one attached hydrogen (secondary N) is 1. The highest BCUT2D eigenvalue weighted by Gasteiger charge is 2.37. The van der Waals surface area contributed by atoms with Crippen molar-refractivity contribution in [3.05, 3.63) is 28.5 Å². The molecule has 1 saturated heterocycles. The van der Waals surface area contributed by atoms with Gasteiger partial charge >= 0.3 is 0 Å². The molecule has 1 N–H and O–H groups in total. The van der Waals surface area contributed by atoms with E-state index in [-0.39, 0.29) is 17.9 Å². The zero-order valence-corrected chi connectivity index (χ0v) is 12.6. The summed E-state index contributed by atoms with van der Waals surface area (Å²) in [4.78, 5) is 30.5. The van der Waals surface area contributed by atoms with Gasteiger partial charge in [0.25, 0.3) is 5.91 Å². The number of hydrogen-bond donors (Lipinski definition) is 1. The Balaban J connectivity index is 1.73. The van der Waals surface area contributed by atoms with Crippen LogP contribution in [-0.4, -0.2) is 40.3 Å². The summed E-state index contributed by atoms with van der Waals surface area (Å²) < 4.78 is 0.626. The third kappa shape index (κ3) is 2.85. The topological polar surface area (TPSA) is 62.3 Å². The van der Waals surface area contributed by atoms with Crippen molar-refractivity contribution in [3.63, 3.8) is 0 Å². The molecule has 1 saturated carbocycles. The highest BCUT2D eigenvalue weighted by Crippen LogP contribution is 2.23. The fraction of sp³-hybridized carbons (Fsp3) is 0.500. The quantitative estimate of drug-likeness (QED) is 0.854. The standard InChI is InChI=1S/C14H16BrN3O2/c15-12-5-1-3-10(17-12)14(20)18-8-2-4-11(18)13(19)16-9-6-7-9/h1,3,5,9,11H,2,4,6-8H2,(H,16,19). The Hall–Kier alpha value is -1.43. The van der Waals surface area contributed by atoms with E-state index in [2.05, 4.69) is 26.2 Å². The Bertz CT molecular complexity index is 545. The molecule has 2 heterocycles. The van der Waals surface area contributed by atoms with Gasteiger partial charge in [-0.15, -0.1) is 0 Å². The van der Waals surface area contributed by atoms with Crippen LogP contribution in [0.2, 0.25) is 0 Å². The van der Waals surface area contributed by atoms with E-state index in [0.29, 0.717) is 22.9 Å². The van der Waals surface area contributed by atoms with Gasteiger partial charge in [-0.25, -0.2) is 4.98 Å². The molecular weight excluding hydrogens is 322 g/mol. The molecule has 0 spiro atoms. The second-order valence-corrected chi connectivity index (χ2v) is 6.10. The van der Waals surface area contributed by atoms with Crippen LogP contribution >= 0.6 is 15.9 Å². The van der Waals surface area contributed by atoms with Crippen molar-refractivity contribution in [2.45, 2.75) is 37.8 Å². The van der Waals surface area contributed by atoms with Crippen molar-refractivity contribution in [1.29, 1.82) is 0 Å². The van der Waals surface area contributed by atoms with Gasteiger partial charge in [-0.1, -0.05) is 6.07 Å². The molecule has 2 amide bonds. The third-order valence-electron chi connectivity index (χ3n) is 3.67. The molecule has 20 heavy (non-hydrogen) atoms. The van der Waals surface area contributed by atoms with E-state index in [9.17, 15) is 9.59 Å². The monoisotopic (exact) mass is 337 g/mol. The summed E-state index contributed by atoms with van der Waals surface area (Å²) in [5, 5.41) is 2.98. The number of amides is 2.